The first-order valence-electron chi connectivity index (χ1n) is 10.3. The fraction of sp³-hybridized carbons (Fsp3) is 0.364. The number of nitrogens with one attached hydrogen (secondary N) is 1. The number of thiophene rings is 1. The normalized spacial score (nSPS) is 16.1. The van der Waals surface area contributed by atoms with Crippen molar-refractivity contribution in [2.24, 2.45) is 5.92 Å². The van der Waals surface area contributed by atoms with E-state index < -0.39 is 0 Å². The number of carbonyl (C=O) groups is 1. The van der Waals surface area contributed by atoms with Gasteiger partial charge in [0.1, 0.15) is 11.2 Å². The maximum absolute atomic E-state index is 12.5. The Morgan fingerprint density at radius 1 is 1.33 bits per heavy atom. The van der Waals surface area contributed by atoms with E-state index in [1.165, 1.54) is 28.6 Å². The van der Waals surface area contributed by atoms with Gasteiger partial charge in [0, 0.05) is 10.6 Å². The third-order valence-corrected chi connectivity index (χ3v) is 7.78. The van der Waals surface area contributed by atoms with Crippen LogP contribution in [0, 0.1) is 5.92 Å². The molecular formula is C22H23N5OS2. The smallest absolute Gasteiger partial charge is 0.234 e. The molecule has 1 atom stereocenters. The first-order valence-corrected chi connectivity index (χ1v) is 12.1. The van der Waals surface area contributed by atoms with Crippen molar-refractivity contribution in [3.8, 4) is 0 Å². The molecule has 0 bridgehead atoms. The van der Waals surface area contributed by atoms with Crippen LogP contribution < -0.4 is 5.32 Å². The first-order chi connectivity index (χ1) is 14.6. The highest BCUT2D eigenvalue weighted by atomic mass is 32.2. The number of rotatable bonds is 5. The molecule has 1 amide bonds. The Labute approximate surface area is 183 Å². The van der Waals surface area contributed by atoms with Gasteiger partial charge in [-0.25, -0.2) is 4.98 Å². The molecule has 3 aromatic heterocycles. The minimum atomic E-state index is -0.0476. The van der Waals surface area contributed by atoms with E-state index in [0.717, 1.165) is 52.3 Å². The molecule has 154 valence electrons. The number of hydrogen-bond donors (Lipinski definition) is 1. The van der Waals surface area contributed by atoms with E-state index in [4.69, 9.17) is 0 Å². The number of hydrogen-bond acceptors (Lipinski definition) is 6. The Balaban J connectivity index is 1.38. The maximum Gasteiger partial charge on any atom is 0.234 e. The molecule has 1 aliphatic rings. The fourth-order valence-corrected chi connectivity index (χ4v) is 6.13. The number of aromatic nitrogens is 4. The number of carbonyl (C=O) groups excluding carboxylic acids is 1. The Hall–Kier alpha value is -2.45. The monoisotopic (exact) mass is 437 g/mol. The molecule has 0 saturated carbocycles. The lowest BCUT2D eigenvalue weighted by molar-refractivity contribution is -0.113. The van der Waals surface area contributed by atoms with Crippen LogP contribution in [0.25, 0.3) is 15.9 Å². The van der Waals surface area contributed by atoms with Crippen LogP contribution in [0.4, 0.5) is 5.69 Å². The summed E-state index contributed by atoms with van der Waals surface area (Å²) in [5, 5.41) is 13.7. The molecule has 0 aliphatic heterocycles. The Bertz CT molecular complexity index is 1250. The van der Waals surface area contributed by atoms with Crippen molar-refractivity contribution < 1.29 is 4.79 Å². The van der Waals surface area contributed by atoms with Crippen LogP contribution in [-0.2, 0) is 24.1 Å². The molecular weight excluding hydrogens is 414 g/mol. The molecule has 8 heteroatoms. The van der Waals surface area contributed by atoms with Gasteiger partial charge >= 0.3 is 0 Å². The van der Waals surface area contributed by atoms with Crippen LogP contribution in [0.5, 0.6) is 0 Å². The van der Waals surface area contributed by atoms with Crippen molar-refractivity contribution in [1.82, 2.24) is 19.6 Å². The molecule has 0 fully saturated rings. The molecule has 3 heterocycles. The van der Waals surface area contributed by atoms with E-state index in [2.05, 4.69) is 34.3 Å². The van der Waals surface area contributed by atoms with Crippen LogP contribution in [-0.4, -0.2) is 31.2 Å². The Morgan fingerprint density at radius 3 is 3.07 bits per heavy atom. The molecule has 4 aromatic rings. The molecule has 0 radical (unpaired) electrons. The lowest BCUT2D eigenvalue weighted by Crippen LogP contribution is -2.15. The maximum atomic E-state index is 12.5. The lowest BCUT2D eigenvalue weighted by atomic mass is 9.89. The number of aryl methyl sites for hydroxylation is 2. The van der Waals surface area contributed by atoms with Gasteiger partial charge in [0.05, 0.1) is 11.1 Å². The van der Waals surface area contributed by atoms with E-state index in [9.17, 15) is 4.79 Å². The van der Waals surface area contributed by atoms with Gasteiger partial charge in [-0.1, -0.05) is 43.8 Å². The van der Waals surface area contributed by atoms with E-state index in [1.54, 1.807) is 17.7 Å². The van der Waals surface area contributed by atoms with Crippen LogP contribution >= 0.6 is 23.1 Å². The number of fused-ring (bicyclic) bond motifs is 5. The summed E-state index contributed by atoms with van der Waals surface area (Å²) >= 11 is 3.17. The zero-order valence-corrected chi connectivity index (χ0v) is 18.6. The van der Waals surface area contributed by atoms with Gasteiger partial charge in [0.2, 0.25) is 5.91 Å². The number of para-hydroxylation sites is 1. The molecule has 1 aromatic carbocycles. The topological polar surface area (TPSA) is 72.2 Å². The lowest BCUT2D eigenvalue weighted by Gasteiger charge is -2.17. The second-order valence-electron chi connectivity index (χ2n) is 7.80. The Kier molecular flexibility index (Phi) is 5.20. The van der Waals surface area contributed by atoms with Gasteiger partial charge < -0.3 is 5.32 Å². The molecule has 0 unspecified atom stereocenters. The first kappa shape index (κ1) is 19.5. The highest BCUT2D eigenvalue weighted by molar-refractivity contribution is 7.99. The van der Waals surface area contributed by atoms with Crippen molar-refractivity contribution in [2.75, 3.05) is 11.1 Å². The molecule has 0 saturated heterocycles. The van der Waals surface area contributed by atoms with Crippen LogP contribution in [0.1, 0.15) is 36.3 Å². The van der Waals surface area contributed by atoms with Gasteiger partial charge in [-0.15, -0.1) is 21.5 Å². The number of benzene rings is 1. The predicted molar refractivity (Wildman–Crippen MR) is 123 cm³/mol. The van der Waals surface area contributed by atoms with Gasteiger partial charge in [0.25, 0.3) is 0 Å². The summed E-state index contributed by atoms with van der Waals surface area (Å²) < 4.78 is 1.92. The quantitative estimate of drug-likeness (QED) is 0.456. The third kappa shape index (κ3) is 3.48. The summed E-state index contributed by atoms with van der Waals surface area (Å²) in [6, 6.07) is 7.90. The zero-order valence-electron chi connectivity index (χ0n) is 17.0. The van der Waals surface area contributed by atoms with Crippen molar-refractivity contribution in [2.45, 2.75) is 44.7 Å². The third-order valence-electron chi connectivity index (χ3n) is 5.68. The predicted octanol–water partition coefficient (Wildman–Crippen LogP) is 4.76. The van der Waals surface area contributed by atoms with E-state index in [-0.39, 0.29) is 11.7 Å². The van der Waals surface area contributed by atoms with Crippen molar-refractivity contribution in [1.29, 1.82) is 0 Å². The number of nitrogens with zero attached hydrogens (tertiary/aromatic N) is 4. The average Bonchev–Trinajstić information content (AvgIpc) is 3.32. The van der Waals surface area contributed by atoms with Crippen LogP contribution in [0.2, 0.25) is 0 Å². The summed E-state index contributed by atoms with van der Waals surface area (Å²) in [6.07, 6.45) is 6.07. The number of amides is 1. The second-order valence-corrected chi connectivity index (χ2v) is 9.83. The molecule has 5 rings (SSSR count). The molecule has 1 aliphatic carbocycles. The molecule has 30 heavy (non-hydrogen) atoms. The van der Waals surface area contributed by atoms with Crippen molar-refractivity contribution >= 4 is 50.6 Å². The van der Waals surface area contributed by atoms with E-state index in [0.29, 0.717) is 5.16 Å². The van der Waals surface area contributed by atoms with Gasteiger partial charge in [-0.05, 0) is 48.8 Å². The summed E-state index contributed by atoms with van der Waals surface area (Å²) in [5.41, 5.74) is 4.25. The molecule has 0 spiro atoms. The summed E-state index contributed by atoms with van der Waals surface area (Å²) in [6.45, 7) is 4.39. The standard InChI is InChI=1S/C22H23N5OS2/c1-3-14-6-4-5-7-16(14)24-18(28)11-29-22-26-25-20-19-15-9-8-13(2)10-17(15)30-21(19)23-12-27(20)22/h4-7,12-13H,3,8-11H2,1-2H3,(H,24,28)/t13-/m1/s1. The van der Waals surface area contributed by atoms with Crippen molar-refractivity contribution in [3.63, 3.8) is 0 Å². The second kappa shape index (κ2) is 8.00. The minimum Gasteiger partial charge on any atom is -0.325 e. The van der Waals surface area contributed by atoms with Crippen molar-refractivity contribution in [3.05, 3.63) is 46.6 Å². The summed E-state index contributed by atoms with van der Waals surface area (Å²) in [7, 11) is 0. The molecule has 6 nitrogen and oxygen atoms in total. The Morgan fingerprint density at radius 2 is 2.20 bits per heavy atom. The van der Waals surface area contributed by atoms with Gasteiger partial charge in [-0.3, -0.25) is 9.20 Å². The highest BCUT2D eigenvalue weighted by Gasteiger charge is 2.24. The fourth-order valence-electron chi connectivity index (χ4n) is 4.09. The zero-order chi connectivity index (χ0) is 20.7. The summed E-state index contributed by atoms with van der Waals surface area (Å²) in [4.78, 5) is 19.7. The van der Waals surface area contributed by atoms with Crippen LogP contribution in [0.15, 0.2) is 35.7 Å². The highest BCUT2D eigenvalue weighted by Crippen LogP contribution is 2.39. The summed E-state index contributed by atoms with van der Waals surface area (Å²) in [5.74, 6) is 0.950. The number of anilines is 1. The minimum absolute atomic E-state index is 0.0476. The van der Waals surface area contributed by atoms with E-state index >= 15 is 0 Å². The van der Waals surface area contributed by atoms with Gasteiger partial charge in [0.15, 0.2) is 10.8 Å². The van der Waals surface area contributed by atoms with Crippen LogP contribution in [0.3, 0.4) is 0 Å². The average molecular weight is 438 g/mol. The largest absolute Gasteiger partial charge is 0.325 e. The molecule has 1 N–H and O–H groups in total. The SMILES string of the molecule is CCc1ccccc1NC(=O)CSc1nnc2c3c4c(sc3ncn12)C[C@H](C)CC4. The number of thioether (sulfide) groups is 1. The van der Waals surface area contributed by atoms with E-state index in [1.807, 2.05) is 28.7 Å². The van der Waals surface area contributed by atoms with Gasteiger partial charge in [-0.2, -0.15) is 0 Å².